The van der Waals surface area contributed by atoms with Crippen LogP contribution in [0, 0.1) is 12.7 Å². The summed E-state index contributed by atoms with van der Waals surface area (Å²) in [6.45, 7) is 1.55. The first-order valence-electron chi connectivity index (χ1n) is 7.47. The lowest BCUT2D eigenvalue weighted by atomic mass is 9.39. The predicted octanol–water partition coefficient (Wildman–Crippen LogP) is 1.89. The van der Waals surface area contributed by atoms with Crippen LogP contribution in [-0.2, 0) is 10.2 Å². The van der Waals surface area contributed by atoms with Gasteiger partial charge in [-0.2, -0.15) is 0 Å². The Bertz CT molecular complexity index is 740. The predicted molar refractivity (Wildman–Crippen MR) is 77.3 cm³/mol. The topological polar surface area (TPSA) is 77.2 Å². The van der Waals surface area contributed by atoms with E-state index in [9.17, 15) is 9.18 Å². The molecular formula is C16H16FN3O3. The van der Waals surface area contributed by atoms with Gasteiger partial charge in [-0.25, -0.2) is 4.39 Å². The molecule has 3 saturated carbocycles. The summed E-state index contributed by atoms with van der Waals surface area (Å²) in [4.78, 5) is 12.0. The number of hydrogen-bond donors (Lipinski definition) is 1. The minimum atomic E-state index is -0.344. The first-order chi connectivity index (χ1) is 11.0. The van der Waals surface area contributed by atoms with E-state index < -0.39 is 0 Å². The Kier molecular flexibility index (Phi) is 2.94. The van der Waals surface area contributed by atoms with Gasteiger partial charge in [-0.1, -0.05) is 6.07 Å². The highest BCUT2D eigenvalue weighted by molar-refractivity contribution is 5.79. The minimum Gasteiger partial charge on any atom is -0.484 e. The highest BCUT2D eigenvalue weighted by Crippen LogP contribution is 2.67. The largest absolute Gasteiger partial charge is 0.484 e. The van der Waals surface area contributed by atoms with Crippen molar-refractivity contribution >= 4 is 5.91 Å². The number of halogens is 1. The standard InChI is InChI=1S/C16H16FN3O3/c1-10-2-3-11(4-12(10)17)22-5-13(21)19-16-6-15(7-16,8-16)14-20-18-9-23-14/h2-4,9H,5-8H2,1H3,(H,19,21). The first kappa shape index (κ1) is 14.2. The maximum Gasteiger partial charge on any atom is 0.258 e. The zero-order chi connectivity index (χ0) is 16.1. The number of nitrogens with zero attached hydrogens (tertiary/aromatic N) is 2. The number of aromatic nitrogens is 2. The second-order valence-corrected chi connectivity index (χ2v) is 6.58. The Morgan fingerprint density at radius 3 is 2.87 bits per heavy atom. The highest BCUT2D eigenvalue weighted by atomic mass is 19.1. The van der Waals surface area contributed by atoms with Crippen molar-refractivity contribution in [2.45, 2.75) is 37.1 Å². The van der Waals surface area contributed by atoms with E-state index >= 15 is 0 Å². The number of amides is 1. The molecule has 3 aliphatic rings. The smallest absolute Gasteiger partial charge is 0.258 e. The number of rotatable bonds is 5. The summed E-state index contributed by atoms with van der Waals surface area (Å²) in [6, 6.07) is 4.56. The number of ether oxygens (including phenoxy) is 1. The van der Waals surface area contributed by atoms with Crippen LogP contribution in [0.25, 0.3) is 0 Å². The second kappa shape index (κ2) is 4.78. The molecule has 0 radical (unpaired) electrons. The summed E-state index contributed by atoms with van der Waals surface area (Å²) in [6.07, 6.45) is 3.77. The van der Waals surface area contributed by atoms with Gasteiger partial charge in [0.1, 0.15) is 11.6 Å². The third kappa shape index (κ3) is 2.27. The number of aryl methyl sites for hydroxylation is 1. The third-order valence-corrected chi connectivity index (χ3v) is 4.76. The van der Waals surface area contributed by atoms with Crippen LogP contribution in [-0.4, -0.2) is 28.3 Å². The molecule has 3 aliphatic carbocycles. The fraction of sp³-hybridized carbons (Fsp3) is 0.438. The molecule has 3 fully saturated rings. The first-order valence-corrected chi connectivity index (χ1v) is 7.47. The van der Waals surface area contributed by atoms with E-state index in [1.807, 2.05) is 0 Å². The van der Waals surface area contributed by atoms with Crippen LogP contribution in [0.1, 0.15) is 30.7 Å². The monoisotopic (exact) mass is 317 g/mol. The second-order valence-electron chi connectivity index (χ2n) is 6.58. The van der Waals surface area contributed by atoms with Crippen molar-refractivity contribution in [3.63, 3.8) is 0 Å². The molecule has 5 rings (SSSR count). The van der Waals surface area contributed by atoms with Crippen LogP contribution < -0.4 is 10.1 Å². The molecule has 2 aromatic rings. The maximum absolute atomic E-state index is 13.4. The van der Waals surface area contributed by atoms with Crippen molar-refractivity contribution in [2.24, 2.45) is 0 Å². The van der Waals surface area contributed by atoms with Gasteiger partial charge in [0.15, 0.2) is 6.61 Å². The number of carbonyl (C=O) groups is 1. The molecule has 23 heavy (non-hydrogen) atoms. The van der Waals surface area contributed by atoms with Crippen molar-refractivity contribution in [1.29, 1.82) is 0 Å². The van der Waals surface area contributed by atoms with Crippen LogP contribution in [0.5, 0.6) is 5.75 Å². The fourth-order valence-corrected chi connectivity index (χ4v) is 3.70. The Labute approximate surface area is 132 Å². The van der Waals surface area contributed by atoms with E-state index in [2.05, 4.69) is 15.5 Å². The zero-order valence-electron chi connectivity index (χ0n) is 12.6. The molecule has 1 amide bonds. The maximum atomic E-state index is 13.4. The zero-order valence-corrected chi connectivity index (χ0v) is 12.6. The molecule has 0 aliphatic heterocycles. The summed E-state index contributed by atoms with van der Waals surface area (Å²) < 4.78 is 24.0. The lowest BCUT2D eigenvalue weighted by Crippen LogP contribution is -2.77. The van der Waals surface area contributed by atoms with Gasteiger partial charge in [0.2, 0.25) is 12.3 Å². The summed E-state index contributed by atoms with van der Waals surface area (Å²) in [7, 11) is 0. The van der Waals surface area contributed by atoms with Gasteiger partial charge in [-0.05, 0) is 37.8 Å². The van der Waals surface area contributed by atoms with Gasteiger partial charge in [0, 0.05) is 11.6 Å². The molecule has 1 aromatic carbocycles. The Morgan fingerprint density at radius 2 is 2.22 bits per heavy atom. The number of hydrogen-bond acceptors (Lipinski definition) is 5. The third-order valence-electron chi connectivity index (χ3n) is 4.76. The van der Waals surface area contributed by atoms with Crippen LogP contribution in [0.4, 0.5) is 4.39 Å². The van der Waals surface area contributed by atoms with Crippen molar-refractivity contribution in [3.05, 3.63) is 41.9 Å². The van der Waals surface area contributed by atoms with Crippen molar-refractivity contribution in [2.75, 3.05) is 6.61 Å². The van der Waals surface area contributed by atoms with Crippen molar-refractivity contribution < 1.29 is 18.3 Å². The SMILES string of the molecule is Cc1ccc(OCC(=O)NC23CC(c4nnco4)(C2)C3)cc1F. The van der Waals surface area contributed by atoms with E-state index in [1.165, 1.54) is 12.5 Å². The van der Waals surface area contributed by atoms with E-state index in [1.54, 1.807) is 19.1 Å². The number of nitrogens with one attached hydrogen (secondary N) is 1. The summed E-state index contributed by atoms with van der Waals surface area (Å²) in [5.74, 6) is 0.455. The summed E-state index contributed by atoms with van der Waals surface area (Å²) in [5, 5.41) is 10.7. The molecule has 1 heterocycles. The molecular weight excluding hydrogens is 301 g/mol. The van der Waals surface area contributed by atoms with E-state index in [-0.39, 0.29) is 29.3 Å². The van der Waals surface area contributed by atoms with Crippen molar-refractivity contribution in [3.8, 4) is 5.75 Å². The van der Waals surface area contributed by atoms with Crippen LogP contribution in [0.3, 0.4) is 0 Å². The molecule has 120 valence electrons. The normalized spacial score (nSPS) is 27.7. The lowest BCUT2D eigenvalue weighted by Gasteiger charge is -2.68. The Morgan fingerprint density at radius 1 is 1.43 bits per heavy atom. The average molecular weight is 317 g/mol. The van der Waals surface area contributed by atoms with Crippen LogP contribution >= 0.6 is 0 Å². The lowest BCUT2D eigenvalue weighted by molar-refractivity contribution is -0.143. The van der Waals surface area contributed by atoms with Gasteiger partial charge < -0.3 is 14.5 Å². The number of benzene rings is 1. The highest BCUT2D eigenvalue weighted by Gasteiger charge is 2.71. The van der Waals surface area contributed by atoms with Crippen molar-refractivity contribution in [1.82, 2.24) is 15.5 Å². The quantitative estimate of drug-likeness (QED) is 0.911. The summed E-state index contributed by atoms with van der Waals surface area (Å²) >= 11 is 0. The van der Waals surface area contributed by atoms with Gasteiger partial charge in [-0.15, -0.1) is 10.2 Å². The van der Waals surface area contributed by atoms with Gasteiger partial charge in [-0.3, -0.25) is 4.79 Å². The van der Waals surface area contributed by atoms with Gasteiger partial charge >= 0.3 is 0 Å². The van der Waals surface area contributed by atoms with E-state index in [4.69, 9.17) is 9.15 Å². The van der Waals surface area contributed by atoms with Crippen LogP contribution in [0.2, 0.25) is 0 Å². The van der Waals surface area contributed by atoms with Crippen LogP contribution in [0.15, 0.2) is 29.0 Å². The molecule has 0 atom stereocenters. The summed E-state index contributed by atoms with van der Waals surface area (Å²) in [5.41, 5.74) is 0.319. The molecule has 1 N–H and O–H groups in total. The average Bonchev–Trinajstić information content (AvgIpc) is 2.96. The molecule has 6 nitrogen and oxygen atoms in total. The Hall–Kier alpha value is -2.44. The molecule has 2 bridgehead atoms. The number of carbonyl (C=O) groups excluding carboxylic acids is 1. The molecule has 1 aromatic heterocycles. The molecule has 7 heteroatoms. The van der Waals surface area contributed by atoms with E-state index in [0.717, 1.165) is 19.3 Å². The van der Waals surface area contributed by atoms with Gasteiger partial charge in [0.25, 0.3) is 5.91 Å². The minimum absolute atomic E-state index is 0.0509. The van der Waals surface area contributed by atoms with Gasteiger partial charge in [0.05, 0.1) is 5.41 Å². The Balaban J connectivity index is 1.28. The molecule has 0 saturated heterocycles. The molecule has 0 spiro atoms. The fourth-order valence-electron chi connectivity index (χ4n) is 3.70. The molecule has 0 unspecified atom stereocenters. The van der Waals surface area contributed by atoms with E-state index in [0.29, 0.717) is 17.2 Å².